The van der Waals surface area contributed by atoms with E-state index >= 15 is 0 Å². The van der Waals surface area contributed by atoms with Crippen LogP contribution in [0.3, 0.4) is 0 Å². The average molecular weight is 184 g/mol. The minimum absolute atomic E-state index is 0. The van der Waals surface area contributed by atoms with Crippen molar-refractivity contribution in [3.63, 3.8) is 0 Å². The van der Waals surface area contributed by atoms with Crippen LogP contribution in [0, 0.1) is 13.0 Å². The van der Waals surface area contributed by atoms with E-state index in [1.807, 2.05) is 36.9 Å². The second kappa shape index (κ2) is 4.02. The number of benzene rings is 1. The number of rotatable bonds is 0. The Labute approximate surface area is 114 Å². The van der Waals surface area contributed by atoms with E-state index in [0.717, 1.165) is 5.69 Å². The Morgan fingerprint density at radius 2 is 2.25 bits per heavy atom. The van der Waals surface area contributed by atoms with Gasteiger partial charge in [-0.1, -0.05) is 5.39 Å². The Hall–Kier alpha value is 0.326. The van der Waals surface area contributed by atoms with Crippen LogP contribution in [0.4, 0.5) is 0 Å². The van der Waals surface area contributed by atoms with Gasteiger partial charge in [0.05, 0.1) is 0 Å². The van der Waals surface area contributed by atoms with Crippen molar-refractivity contribution < 1.29 is 51.4 Å². The molecule has 3 heteroatoms. The second-order valence-electron chi connectivity index (χ2n) is 2.65. The molecule has 0 aliphatic rings. The second-order valence-corrected chi connectivity index (χ2v) is 2.65. The van der Waals surface area contributed by atoms with Crippen LogP contribution in [-0.2, 0) is 7.05 Å². The predicted molar refractivity (Wildman–Crippen MR) is 44.3 cm³/mol. The summed E-state index contributed by atoms with van der Waals surface area (Å²) in [5, 5.41) is 5.48. The number of aryl methyl sites for hydroxylation is 2. The van der Waals surface area contributed by atoms with E-state index in [9.17, 15) is 0 Å². The number of hydrogen-bond donors (Lipinski definition) is 0. The predicted octanol–water partition coefficient (Wildman–Crippen LogP) is -1.31. The summed E-state index contributed by atoms with van der Waals surface area (Å²) in [5.74, 6) is 0. The fourth-order valence-corrected chi connectivity index (χ4v) is 1.33. The van der Waals surface area contributed by atoms with E-state index in [-0.39, 0.29) is 51.4 Å². The number of nitrogens with zero attached hydrogens (tertiary/aromatic N) is 2. The first kappa shape index (κ1) is 10.4. The largest absolute Gasteiger partial charge is 1.00 e. The standard InChI is InChI=1S/C9H9N2.K/c1-7-8-5-3-4-6-9(8)11(2)10-7;/h4-6H,1-2H3;/q-1;+1. The Morgan fingerprint density at radius 1 is 1.50 bits per heavy atom. The van der Waals surface area contributed by atoms with Gasteiger partial charge in [-0.15, -0.1) is 6.07 Å². The zero-order valence-electron chi connectivity index (χ0n) is 7.63. The summed E-state index contributed by atoms with van der Waals surface area (Å²) in [5.41, 5.74) is 2.24. The molecule has 0 radical (unpaired) electrons. The zero-order chi connectivity index (χ0) is 7.84. The molecule has 56 valence electrons. The molecule has 2 rings (SSSR count). The maximum absolute atomic E-state index is 4.29. The van der Waals surface area contributed by atoms with Gasteiger partial charge < -0.3 is 0 Å². The first-order valence-electron chi connectivity index (χ1n) is 3.58. The van der Waals surface area contributed by atoms with Crippen molar-refractivity contribution in [1.29, 1.82) is 0 Å². The molecule has 0 unspecified atom stereocenters. The molecule has 0 atom stereocenters. The summed E-state index contributed by atoms with van der Waals surface area (Å²) < 4.78 is 1.89. The first-order chi connectivity index (χ1) is 5.29. The molecule has 0 amide bonds. The summed E-state index contributed by atoms with van der Waals surface area (Å²) in [6.45, 7) is 2.01. The topological polar surface area (TPSA) is 17.8 Å². The quantitative estimate of drug-likeness (QED) is 0.367. The van der Waals surface area contributed by atoms with Crippen LogP contribution in [0.25, 0.3) is 10.9 Å². The molecule has 0 bridgehead atoms. The summed E-state index contributed by atoms with van der Waals surface area (Å²) >= 11 is 0. The molecule has 1 heterocycles. The van der Waals surface area contributed by atoms with E-state index in [0.29, 0.717) is 0 Å². The van der Waals surface area contributed by atoms with E-state index in [2.05, 4.69) is 11.2 Å². The molecule has 0 N–H and O–H groups in total. The molecule has 2 nitrogen and oxygen atoms in total. The normalized spacial score (nSPS) is 9.83. The Kier molecular flexibility index (Phi) is 3.49. The Balaban J connectivity index is 0.000000720. The summed E-state index contributed by atoms with van der Waals surface area (Å²) in [7, 11) is 1.95. The van der Waals surface area contributed by atoms with Crippen molar-refractivity contribution in [1.82, 2.24) is 9.78 Å². The van der Waals surface area contributed by atoms with Gasteiger partial charge in [-0.25, -0.2) is 0 Å². The maximum Gasteiger partial charge on any atom is 1.00 e. The van der Waals surface area contributed by atoms with E-state index in [1.165, 1.54) is 10.9 Å². The Morgan fingerprint density at radius 3 is 2.92 bits per heavy atom. The van der Waals surface area contributed by atoms with Crippen molar-refractivity contribution in [2.75, 3.05) is 0 Å². The van der Waals surface area contributed by atoms with Crippen molar-refractivity contribution >= 4 is 10.9 Å². The molecule has 0 fully saturated rings. The molecular formula is C9H9KN2. The van der Waals surface area contributed by atoms with Crippen LogP contribution in [0.1, 0.15) is 5.69 Å². The average Bonchev–Trinajstić information content (AvgIpc) is 2.30. The van der Waals surface area contributed by atoms with Crippen LogP contribution in [-0.4, -0.2) is 9.78 Å². The fraction of sp³-hybridized carbons (Fsp3) is 0.222. The van der Waals surface area contributed by atoms with Gasteiger partial charge in [0.2, 0.25) is 0 Å². The minimum atomic E-state index is 0. The van der Waals surface area contributed by atoms with Crippen molar-refractivity contribution in [3.05, 3.63) is 30.0 Å². The number of hydrogen-bond acceptors (Lipinski definition) is 1. The maximum atomic E-state index is 4.29. The molecule has 0 saturated heterocycles. The number of aromatic nitrogens is 2. The molecule has 2 aromatic rings. The summed E-state index contributed by atoms with van der Waals surface area (Å²) in [6, 6.07) is 8.94. The fourth-order valence-electron chi connectivity index (χ4n) is 1.33. The van der Waals surface area contributed by atoms with Gasteiger partial charge in [0.1, 0.15) is 0 Å². The minimum Gasteiger partial charge on any atom is -0.293 e. The van der Waals surface area contributed by atoms with Crippen molar-refractivity contribution in [2.24, 2.45) is 7.05 Å². The molecule has 0 spiro atoms. The van der Waals surface area contributed by atoms with Crippen LogP contribution >= 0.6 is 0 Å². The SMILES string of the molecule is Cc1nn(C)c2cc[c-]cc12.[K+]. The smallest absolute Gasteiger partial charge is 0.293 e. The first-order valence-corrected chi connectivity index (χ1v) is 3.58. The van der Waals surface area contributed by atoms with Crippen LogP contribution in [0.5, 0.6) is 0 Å². The van der Waals surface area contributed by atoms with Gasteiger partial charge in [-0.05, 0) is 12.4 Å². The van der Waals surface area contributed by atoms with E-state index in [1.54, 1.807) is 0 Å². The number of fused-ring (bicyclic) bond motifs is 1. The Bertz CT molecular complexity index is 356. The van der Waals surface area contributed by atoms with Gasteiger partial charge in [0.15, 0.2) is 0 Å². The van der Waals surface area contributed by atoms with Gasteiger partial charge in [-0.3, -0.25) is 4.68 Å². The molecule has 0 aliphatic carbocycles. The third-order valence-corrected chi connectivity index (χ3v) is 1.88. The molecule has 0 saturated carbocycles. The molecule has 12 heavy (non-hydrogen) atoms. The van der Waals surface area contributed by atoms with Gasteiger partial charge in [-0.2, -0.15) is 23.3 Å². The van der Waals surface area contributed by atoms with E-state index in [4.69, 9.17) is 0 Å². The molecule has 1 aromatic carbocycles. The third-order valence-electron chi connectivity index (χ3n) is 1.88. The van der Waals surface area contributed by atoms with Crippen LogP contribution in [0.2, 0.25) is 0 Å². The van der Waals surface area contributed by atoms with Gasteiger partial charge in [0.25, 0.3) is 0 Å². The molecule has 0 aliphatic heterocycles. The van der Waals surface area contributed by atoms with Gasteiger partial charge >= 0.3 is 51.4 Å². The summed E-state index contributed by atoms with van der Waals surface area (Å²) in [6.07, 6.45) is 0. The van der Waals surface area contributed by atoms with Crippen LogP contribution < -0.4 is 51.4 Å². The zero-order valence-corrected chi connectivity index (χ0v) is 10.7. The molecule has 1 aromatic heterocycles. The summed E-state index contributed by atoms with van der Waals surface area (Å²) in [4.78, 5) is 0. The van der Waals surface area contributed by atoms with Gasteiger partial charge in [0, 0.05) is 12.7 Å². The monoisotopic (exact) mass is 184 g/mol. The molecular weight excluding hydrogens is 175 g/mol. The van der Waals surface area contributed by atoms with E-state index < -0.39 is 0 Å². The van der Waals surface area contributed by atoms with Crippen molar-refractivity contribution in [2.45, 2.75) is 6.92 Å². The van der Waals surface area contributed by atoms with Crippen molar-refractivity contribution in [3.8, 4) is 0 Å². The third kappa shape index (κ3) is 1.65. The van der Waals surface area contributed by atoms with Crippen LogP contribution in [0.15, 0.2) is 18.2 Å².